The Kier molecular flexibility index (Phi) is 5.80. The third-order valence-corrected chi connectivity index (χ3v) is 4.99. The standard InChI is InChI=1S/C18H27N7O3/c1-22(2)17-19-7-6-15(21-17)25-10-13(14(11-25)28-5)20-8-12-9-23(3)18(27)24(4)16(12)26/h6-7,9,13-14,20H,8,10-11H2,1-5H3/t13-,14+/m0/s1. The zero-order valence-electron chi connectivity index (χ0n) is 16.9. The molecule has 1 N–H and O–H groups in total. The second kappa shape index (κ2) is 8.11. The zero-order chi connectivity index (χ0) is 20.4. The fourth-order valence-corrected chi connectivity index (χ4v) is 3.37. The van der Waals surface area contributed by atoms with E-state index in [1.54, 1.807) is 26.6 Å². The number of aryl methyl sites for hydroxylation is 1. The van der Waals surface area contributed by atoms with Gasteiger partial charge < -0.3 is 24.4 Å². The number of nitrogens with zero attached hydrogens (tertiary/aromatic N) is 6. The first-order chi connectivity index (χ1) is 13.3. The molecule has 0 spiro atoms. The van der Waals surface area contributed by atoms with Crippen molar-refractivity contribution in [1.82, 2.24) is 24.4 Å². The van der Waals surface area contributed by atoms with Crippen LogP contribution in [0.4, 0.5) is 11.8 Å². The Balaban J connectivity index is 1.74. The van der Waals surface area contributed by atoms with E-state index >= 15 is 0 Å². The summed E-state index contributed by atoms with van der Waals surface area (Å²) in [6.45, 7) is 1.73. The van der Waals surface area contributed by atoms with Crippen molar-refractivity contribution in [3.8, 4) is 0 Å². The molecule has 2 aromatic rings. The summed E-state index contributed by atoms with van der Waals surface area (Å²) in [5, 5.41) is 3.40. The molecule has 1 aliphatic heterocycles. The van der Waals surface area contributed by atoms with Crippen molar-refractivity contribution in [3.05, 3.63) is 44.9 Å². The first-order valence-corrected chi connectivity index (χ1v) is 9.09. The Morgan fingerprint density at radius 1 is 1.29 bits per heavy atom. The molecule has 10 nitrogen and oxygen atoms in total. The third kappa shape index (κ3) is 3.92. The molecule has 0 amide bonds. The first-order valence-electron chi connectivity index (χ1n) is 9.09. The SMILES string of the molecule is CO[C@@H]1CN(c2ccnc(N(C)C)n2)C[C@@H]1NCc1cn(C)c(=O)n(C)c1=O. The maximum absolute atomic E-state index is 12.3. The van der Waals surface area contributed by atoms with Crippen molar-refractivity contribution in [2.24, 2.45) is 14.1 Å². The summed E-state index contributed by atoms with van der Waals surface area (Å²) in [5.41, 5.74) is -0.0864. The molecule has 0 bridgehead atoms. The lowest BCUT2D eigenvalue weighted by Crippen LogP contribution is -2.43. The van der Waals surface area contributed by atoms with Crippen LogP contribution in [0.25, 0.3) is 0 Å². The number of rotatable bonds is 6. The molecule has 2 atom stereocenters. The van der Waals surface area contributed by atoms with Crippen LogP contribution < -0.4 is 26.4 Å². The van der Waals surface area contributed by atoms with Gasteiger partial charge in [0.1, 0.15) is 5.82 Å². The summed E-state index contributed by atoms with van der Waals surface area (Å²) < 4.78 is 8.18. The highest BCUT2D eigenvalue weighted by Crippen LogP contribution is 2.21. The number of methoxy groups -OCH3 is 1. The van der Waals surface area contributed by atoms with Gasteiger partial charge in [0, 0.05) is 72.9 Å². The van der Waals surface area contributed by atoms with Gasteiger partial charge in [0.15, 0.2) is 0 Å². The third-order valence-electron chi connectivity index (χ3n) is 4.99. The number of nitrogens with one attached hydrogen (secondary N) is 1. The van der Waals surface area contributed by atoms with E-state index in [9.17, 15) is 9.59 Å². The van der Waals surface area contributed by atoms with E-state index in [0.29, 0.717) is 31.1 Å². The average molecular weight is 389 g/mol. The molecule has 0 aliphatic carbocycles. The molecule has 1 saturated heterocycles. The lowest BCUT2D eigenvalue weighted by Gasteiger charge is -2.19. The van der Waals surface area contributed by atoms with Crippen LogP contribution in [-0.2, 0) is 25.4 Å². The number of hydrogen-bond acceptors (Lipinski definition) is 8. The highest BCUT2D eigenvalue weighted by atomic mass is 16.5. The van der Waals surface area contributed by atoms with Crippen molar-refractivity contribution in [3.63, 3.8) is 0 Å². The molecular weight excluding hydrogens is 362 g/mol. The van der Waals surface area contributed by atoms with Gasteiger partial charge in [-0.05, 0) is 6.07 Å². The van der Waals surface area contributed by atoms with Crippen LogP contribution in [0.3, 0.4) is 0 Å². The van der Waals surface area contributed by atoms with Gasteiger partial charge in [0.2, 0.25) is 5.95 Å². The number of anilines is 2. The van der Waals surface area contributed by atoms with Gasteiger partial charge in [-0.2, -0.15) is 4.98 Å². The van der Waals surface area contributed by atoms with Crippen LogP contribution in [0, 0.1) is 0 Å². The van der Waals surface area contributed by atoms with Crippen LogP contribution in [0.5, 0.6) is 0 Å². The molecule has 1 fully saturated rings. The molecule has 3 rings (SSSR count). The molecule has 0 unspecified atom stereocenters. The monoisotopic (exact) mass is 389 g/mol. The molecule has 1 aliphatic rings. The predicted molar refractivity (Wildman–Crippen MR) is 107 cm³/mol. The number of aromatic nitrogens is 4. The van der Waals surface area contributed by atoms with E-state index in [1.165, 1.54) is 11.6 Å². The van der Waals surface area contributed by atoms with E-state index in [4.69, 9.17) is 4.74 Å². The van der Waals surface area contributed by atoms with E-state index < -0.39 is 0 Å². The van der Waals surface area contributed by atoms with Gasteiger partial charge in [-0.15, -0.1) is 0 Å². The Bertz CT molecular complexity index is 953. The van der Waals surface area contributed by atoms with Crippen LogP contribution in [0.15, 0.2) is 28.0 Å². The molecule has 0 radical (unpaired) electrons. The van der Waals surface area contributed by atoms with Crippen LogP contribution in [-0.4, -0.2) is 65.5 Å². The summed E-state index contributed by atoms with van der Waals surface area (Å²) >= 11 is 0. The summed E-state index contributed by atoms with van der Waals surface area (Å²) in [7, 11) is 8.61. The van der Waals surface area contributed by atoms with Crippen molar-refractivity contribution < 1.29 is 4.74 Å². The highest BCUT2D eigenvalue weighted by Gasteiger charge is 2.33. The molecule has 152 valence electrons. The molecule has 10 heteroatoms. The smallest absolute Gasteiger partial charge is 0.330 e. The second-order valence-corrected chi connectivity index (χ2v) is 7.19. The lowest BCUT2D eigenvalue weighted by atomic mass is 10.2. The molecular formula is C18H27N7O3. The molecule has 2 aromatic heterocycles. The topological polar surface area (TPSA) is 97.5 Å². The lowest BCUT2D eigenvalue weighted by molar-refractivity contribution is 0.0966. The van der Waals surface area contributed by atoms with Crippen molar-refractivity contribution in [1.29, 1.82) is 0 Å². The van der Waals surface area contributed by atoms with E-state index in [0.717, 1.165) is 10.4 Å². The molecule has 0 aromatic carbocycles. The van der Waals surface area contributed by atoms with Crippen LogP contribution in [0.1, 0.15) is 5.56 Å². The van der Waals surface area contributed by atoms with E-state index in [1.807, 2.05) is 25.1 Å². The minimum atomic E-state index is -0.337. The Hall–Kier alpha value is -2.72. The summed E-state index contributed by atoms with van der Waals surface area (Å²) in [6, 6.07) is 1.90. The summed E-state index contributed by atoms with van der Waals surface area (Å²) in [4.78, 5) is 37.0. The van der Waals surface area contributed by atoms with Gasteiger partial charge in [0.05, 0.1) is 12.1 Å². The van der Waals surface area contributed by atoms with Crippen molar-refractivity contribution >= 4 is 11.8 Å². The van der Waals surface area contributed by atoms with Gasteiger partial charge in [0.25, 0.3) is 5.56 Å². The van der Waals surface area contributed by atoms with Gasteiger partial charge in [-0.25, -0.2) is 9.78 Å². The van der Waals surface area contributed by atoms with Crippen LogP contribution in [0.2, 0.25) is 0 Å². The Morgan fingerprint density at radius 3 is 2.71 bits per heavy atom. The number of hydrogen-bond donors (Lipinski definition) is 1. The maximum atomic E-state index is 12.3. The van der Waals surface area contributed by atoms with Crippen LogP contribution >= 0.6 is 0 Å². The fraction of sp³-hybridized carbons (Fsp3) is 0.556. The van der Waals surface area contributed by atoms with Gasteiger partial charge in [-0.1, -0.05) is 0 Å². The highest BCUT2D eigenvalue weighted by molar-refractivity contribution is 5.45. The largest absolute Gasteiger partial charge is 0.378 e. The zero-order valence-corrected chi connectivity index (χ0v) is 16.9. The molecule has 3 heterocycles. The average Bonchev–Trinajstić information content (AvgIpc) is 3.11. The van der Waals surface area contributed by atoms with Gasteiger partial charge >= 0.3 is 5.69 Å². The molecule has 0 saturated carbocycles. The fourth-order valence-electron chi connectivity index (χ4n) is 3.37. The quantitative estimate of drug-likeness (QED) is 0.667. The van der Waals surface area contributed by atoms with Crippen molar-refractivity contribution in [2.45, 2.75) is 18.7 Å². The maximum Gasteiger partial charge on any atom is 0.330 e. The van der Waals surface area contributed by atoms with E-state index in [-0.39, 0.29) is 23.4 Å². The van der Waals surface area contributed by atoms with E-state index in [2.05, 4.69) is 20.2 Å². The second-order valence-electron chi connectivity index (χ2n) is 7.19. The Morgan fingerprint density at radius 2 is 2.04 bits per heavy atom. The normalized spacial score (nSPS) is 19.2. The van der Waals surface area contributed by atoms with Crippen molar-refractivity contribution in [2.75, 3.05) is 44.1 Å². The minimum absolute atomic E-state index is 0.0183. The Labute approximate surface area is 163 Å². The summed E-state index contributed by atoms with van der Waals surface area (Å²) in [6.07, 6.45) is 3.28. The number of ether oxygens (including phenoxy) is 1. The first kappa shape index (κ1) is 20.0. The molecule has 28 heavy (non-hydrogen) atoms. The summed E-state index contributed by atoms with van der Waals surface area (Å²) in [5.74, 6) is 1.49. The van der Waals surface area contributed by atoms with Gasteiger partial charge in [-0.3, -0.25) is 9.36 Å². The minimum Gasteiger partial charge on any atom is -0.378 e. The predicted octanol–water partition coefficient (Wildman–Crippen LogP) is -1.07.